The van der Waals surface area contributed by atoms with Crippen LogP contribution in [-0.4, -0.2) is 42.2 Å². The molecule has 10 heteroatoms. The number of hydrogen-bond acceptors (Lipinski definition) is 7. The predicted octanol–water partition coefficient (Wildman–Crippen LogP) is 5.61. The molecule has 1 unspecified atom stereocenters. The first-order valence-corrected chi connectivity index (χ1v) is 14.4. The minimum Gasteiger partial charge on any atom is -0.495 e. The van der Waals surface area contributed by atoms with Crippen LogP contribution in [0.1, 0.15) is 24.0 Å². The topological polar surface area (TPSA) is 103 Å². The number of fused-ring (bicyclic) bond motifs is 1. The Labute approximate surface area is 231 Å². The van der Waals surface area contributed by atoms with Gasteiger partial charge in [0.25, 0.3) is 0 Å². The number of carbonyl (C=O) groups is 1. The van der Waals surface area contributed by atoms with Gasteiger partial charge in [-0.25, -0.2) is 17.3 Å². The Hall–Kier alpha value is -4.57. The van der Waals surface area contributed by atoms with Crippen LogP contribution in [0.2, 0.25) is 0 Å². The Morgan fingerprint density at radius 2 is 1.70 bits per heavy atom. The third-order valence-corrected chi connectivity index (χ3v) is 7.81. The average molecular weight is 559 g/mol. The summed E-state index contributed by atoms with van der Waals surface area (Å²) in [5.41, 5.74) is 4.71. The highest BCUT2D eigenvalue weighted by Gasteiger charge is 2.16. The van der Waals surface area contributed by atoms with Crippen LogP contribution >= 0.6 is 0 Å². The third kappa shape index (κ3) is 5.86. The Kier molecular flexibility index (Phi) is 7.36. The van der Waals surface area contributed by atoms with Crippen LogP contribution in [-0.2, 0) is 21.1 Å². The number of aromatic nitrogens is 3. The van der Waals surface area contributed by atoms with E-state index in [0.717, 1.165) is 28.5 Å². The third-order valence-electron chi connectivity index (χ3n) is 6.70. The molecule has 0 aliphatic carbocycles. The zero-order chi connectivity index (χ0) is 28.4. The standard InChI is InChI=1S/C30H27FN4O4S/c1-19(21-8-11-24(31)12-9-21)27(36)16-20-4-6-22(7-5-20)23-10-15-29-33-30(34-35(29)18-23)32-26-14-13-25(40(3,37)38)17-28(26)39-2/h4-15,17-19H,16H2,1-3H3,(H,32,34). The summed E-state index contributed by atoms with van der Waals surface area (Å²) in [7, 11) is -1.91. The molecule has 5 rings (SSSR count). The number of rotatable bonds is 9. The number of Topliss-reactive ketones (excluding diaryl/α,β-unsaturated/α-hetero) is 1. The van der Waals surface area contributed by atoms with E-state index >= 15 is 0 Å². The van der Waals surface area contributed by atoms with Gasteiger partial charge in [-0.2, -0.15) is 4.98 Å². The summed E-state index contributed by atoms with van der Waals surface area (Å²) in [5.74, 6) is 0.0956. The Bertz CT molecular complexity index is 1800. The van der Waals surface area contributed by atoms with Gasteiger partial charge in [0.15, 0.2) is 15.5 Å². The Morgan fingerprint density at radius 3 is 2.38 bits per heavy atom. The van der Waals surface area contributed by atoms with Gasteiger partial charge < -0.3 is 10.1 Å². The molecule has 0 aliphatic heterocycles. The van der Waals surface area contributed by atoms with Gasteiger partial charge in [0.1, 0.15) is 17.3 Å². The first-order chi connectivity index (χ1) is 19.1. The highest BCUT2D eigenvalue weighted by Crippen LogP contribution is 2.30. The van der Waals surface area contributed by atoms with E-state index in [4.69, 9.17) is 4.74 Å². The van der Waals surface area contributed by atoms with Crippen LogP contribution in [0.3, 0.4) is 0 Å². The van der Waals surface area contributed by atoms with Crippen LogP contribution in [0.5, 0.6) is 5.75 Å². The molecule has 0 fully saturated rings. The molecule has 0 amide bonds. The van der Waals surface area contributed by atoms with E-state index in [2.05, 4.69) is 15.4 Å². The predicted molar refractivity (Wildman–Crippen MR) is 151 cm³/mol. The molecule has 0 aliphatic rings. The fourth-order valence-corrected chi connectivity index (χ4v) is 4.98. The number of carbonyl (C=O) groups excluding carboxylic acids is 1. The number of pyridine rings is 1. The van der Waals surface area contributed by atoms with Crippen LogP contribution < -0.4 is 10.1 Å². The van der Waals surface area contributed by atoms with Crippen molar-refractivity contribution in [3.63, 3.8) is 0 Å². The summed E-state index contributed by atoms with van der Waals surface area (Å²) in [5, 5.41) is 7.59. The van der Waals surface area contributed by atoms with Crippen molar-refractivity contribution in [3.8, 4) is 16.9 Å². The van der Waals surface area contributed by atoms with E-state index in [1.165, 1.54) is 31.4 Å². The molecule has 1 atom stereocenters. The van der Waals surface area contributed by atoms with Crippen LogP contribution in [0.4, 0.5) is 16.0 Å². The van der Waals surface area contributed by atoms with Crippen molar-refractivity contribution in [3.05, 3.63) is 102 Å². The van der Waals surface area contributed by atoms with Gasteiger partial charge in [0.2, 0.25) is 5.95 Å². The van der Waals surface area contributed by atoms with Gasteiger partial charge in [0, 0.05) is 36.4 Å². The molecule has 3 aromatic carbocycles. The van der Waals surface area contributed by atoms with Crippen LogP contribution in [0.15, 0.2) is 90.0 Å². The van der Waals surface area contributed by atoms with E-state index in [-0.39, 0.29) is 28.8 Å². The average Bonchev–Trinajstić information content (AvgIpc) is 3.34. The van der Waals surface area contributed by atoms with Crippen molar-refractivity contribution in [2.24, 2.45) is 0 Å². The summed E-state index contributed by atoms with van der Waals surface area (Å²) in [6.07, 6.45) is 3.28. The van der Waals surface area contributed by atoms with Crippen molar-refractivity contribution in [1.82, 2.24) is 14.6 Å². The summed E-state index contributed by atoms with van der Waals surface area (Å²) in [6.45, 7) is 1.83. The van der Waals surface area contributed by atoms with E-state index < -0.39 is 9.84 Å². The molecular formula is C30H27FN4O4S. The SMILES string of the molecule is COc1cc(S(C)(=O)=O)ccc1Nc1nc2ccc(-c3ccc(CC(=O)C(C)c4ccc(F)cc4)cc3)cn2n1. The first-order valence-electron chi connectivity index (χ1n) is 12.5. The molecule has 8 nitrogen and oxygen atoms in total. The maximum Gasteiger partial charge on any atom is 0.247 e. The molecule has 5 aromatic rings. The molecule has 40 heavy (non-hydrogen) atoms. The molecule has 0 saturated carbocycles. The van der Waals surface area contributed by atoms with E-state index in [9.17, 15) is 17.6 Å². The molecule has 204 valence electrons. The number of sulfone groups is 1. The van der Waals surface area contributed by atoms with Crippen molar-refractivity contribution in [1.29, 1.82) is 0 Å². The van der Waals surface area contributed by atoms with Crippen molar-refractivity contribution in [2.75, 3.05) is 18.7 Å². The van der Waals surface area contributed by atoms with Gasteiger partial charge in [0.05, 0.1) is 17.7 Å². The maximum absolute atomic E-state index is 13.2. The molecular weight excluding hydrogens is 531 g/mol. The molecule has 0 spiro atoms. The number of methoxy groups -OCH3 is 1. The quantitative estimate of drug-likeness (QED) is 0.251. The first kappa shape index (κ1) is 27.0. The zero-order valence-corrected chi connectivity index (χ0v) is 22.9. The summed E-state index contributed by atoms with van der Waals surface area (Å²) in [6, 6.07) is 22.1. The highest BCUT2D eigenvalue weighted by atomic mass is 32.2. The fraction of sp³-hybridized carbons (Fsp3) is 0.167. The van der Waals surface area contributed by atoms with Gasteiger partial charge in [-0.15, -0.1) is 5.10 Å². The lowest BCUT2D eigenvalue weighted by atomic mass is 9.92. The van der Waals surface area contributed by atoms with Gasteiger partial charge >= 0.3 is 0 Å². The van der Waals surface area contributed by atoms with Crippen molar-refractivity contribution >= 4 is 32.9 Å². The smallest absolute Gasteiger partial charge is 0.247 e. The normalized spacial score (nSPS) is 12.3. The van der Waals surface area contributed by atoms with Crippen LogP contribution in [0.25, 0.3) is 16.8 Å². The van der Waals surface area contributed by atoms with Gasteiger partial charge in [-0.1, -0.05) is 43.3 Å². The molecule has 2 aromatic heterocycles. The molecule has 1 N–H and O–H groups in total. The lowest BCUT2D eigenvalue weighted by Gasteiger charge is -2.11. The zero-order valence-electron chi connectivity index (χ0n) is 22.1. The second kappa shape index (κ2) is 10.9. The fourth-order valence-electron chi connectivity index (χ4n) is 4.34. The Balaban J connectivity index is 1.30. The summed E-state index contributed by atoms with van der Waals surface area (Å²) < 4.78 is 43.9. The van der Waals surface area contributed by atoms with E-state index in [1.54, 1.807) is 22.7 Å². The maximum atomic E-state index is 13.2. The lowest BCUT2D eigenvalue weighted by molar-refractivity contribution is -0.119. The molecule has 2 heterocycles. The Morgan fingerprint density at radius 1 is 1.00 bits per heavy atom. The summed E-state index contributed by atoms with van der Waals surface area (Å²) >= 11 is 0. The number of nitrogens with one attached hydrogen (secondary N) is 1. The molecule has 0 radical (unpaired) electrons. The number of ether oxygens (including phenoxy) is 1. The van der Waals surface area contributed by atoms with Crippen molar-refractivity contribution in [2.45, 2.75) is 24.2 Å². The minimum absolute atomic E-state index is 0.0611. The monoisotopic (exact) mass is 558 g/mol. The van der Waals surface area contributed by atoms with E-state index in [0.29, 0.717) is 23.0 Å². The minimum atomic E-state index is -3.37. The van der Waals surface area contributed by atoms with Crippen molar-refractivity contribution < 1.29 is 22.3 Å². The van der Waals surface area contributed by atoms with Gasteiger partial charge in [-0.3, -0.25) is 4.79 Å². The number of hydrogen-bond donors (Lipinski definition) is 1. The number of nitrogens with zero attached hydrogens (tertiary/aromatic N) is 3. The highest BCUT2D eigenvalue weighted by molar-refractivity contribution is 7.90. The summed E-state index contributed by atoms with van der Waals surface area (Å²) in [4.78, 5) is 17.4. The largest absolute Gasteiger partial charge is 0.495 e. The number of benzene rings is 3. The van der Waals surface area contributed by atoms with Crippen LogP contribution in [0, 0.1) is 5.82 Å². The van der Waals surface area contributed by atoms with E-state index in [1.807, 2.05) is 49.5 Å². The molecule has 0 saturated heterocycles. The second-order valence-electron chi connectivity index (χ2n) is 9.53. The lowest BCUT2D eigenvalue weighted by Crippen LogP contribution is -2.12. The molecule has 0 bridgehead atoms. The number of halogens is 1. The second-order valence-corrected chi connectivity index (χ2v) is 11.5. The number of anilines is 2. The number of ketones is 1. The van der Waals surface area contributed by atoms with Gasteiger partial charge in [-0.05, 0) is 53.1 Å².